The predicted octanol–water partition coefficient (Wildman–Crippen LogP) is 5.86. The monoisotopic (exact) mass is 462 g/mol. The van der Waals surface area contributed by atoms with Gasteiger partial charge in [-0.2, -0.15) is 5.10 Å². The lowest BCUT2D eigenvalue weighted by atomic mass is 10.2. The van der Waals surface area contributed by atoms with E-state index in [9.17, 15) is 14.9 Å². The van der Waals surface area contributed by atoms with Crippen molar-refractivity contribution in [3.63, 3.8) is 0 Å². The number of nitro benzene ring substituents is 1. The summed E-state index contributed by atoms with van der Waals surface area (Å²) in [6.07, 6.45) is 1.27. The Balaban J connectivity index is 1.84. The number of carbonyl (C=O) groups is 1. The third kappa shape index (κ3) is 5.53. The minimum atomic E-state index is -0.663. The number of furan rings is 1. The molecule has 0 saturated heterocycles. The van der Waals surface area contributed by atoms with Gasteiger partial charge in [0, 0.05) is 22.8 Å². The second-order valence-electron chi connectivity index (χ2n) is 6.01. The molecule has 0 atom stereocenters. The van der Waals surface area contributed by atoms with Crippen LogP contribution in [0.3, 0.4) is 0 Å². The van der Waals surface area contributed by atoms with E-state index in [1.54, 1.807) is 31.2 Å². The second-order valence-corrected chi connectivity index (χ2v) is 6.83. The summed E-state index contributed by atoms with van der Waals surface area (Å²) in [5, 5.41) is 18.2. The van der Waals surface area contributed by atoms with E-state index in [0.717, 1.165) is 0 Å². The Labute approximate surface area is 186 Å². The van der Waals surface area contributed by atoms with Crippen LogP contribution in [0.2, 0.25) is 10.0 Å². The van der Waals surface area contributed by atoms with E-state index in [1.807, 2.05) is 0 Å². The van der Waals surface area contributed by atoms with E-state index < -0.39 is 10.9 Å². The van der Waals surface area contributed by atoms with Gasteiger partial charge in [0.15, 0.2) is 5.76 Å². The van der Waals surface area contributed by atoms with Crippen LogP contribution in [0.5, 0.6) is 0 Å². The zero-order valence-corrected chi connectivity index (χ0v) is 17.6. The number of halogens is 2. The topological polar surface area (TPSA) is 119 Å². The molecule has 0 aliphatic rings. The molecule has 2 N–H and O–H groups in total. The molecule has 0 saturated carbocycles. The first-order chi connectivity index (χ1) is 14.9. The predicted molar refractivity (Wildman–Crippen MR) is 119 cm³/mol. The Hall–Kier alpha value is -3.56. The molecule has 0 fully saturated rings. The maximum Gasteiger partial charge on any atom is 0.345 e. The van der Waals surface area contributed by atoms with Gasteiger partial charge in [0.1, 0.15) is 10.6 Å². The number of nitro groups is 1. The number of ether oxygens (including phenoxy) is 1. The summed E-state index contributed by atoms with van der Waals surface area (Å²) >= 11 is 12.3. The van der Waals surface area contributed by atoms with Crippen molar-refractivity contribution >= 4 is 58.3 Å². The fraction of sp³-hybridized carbons (Fsp3) is 0.100. The lowest BCUT2D eigenvalue weighted by Gasteiger charge is -2.06. The fourth-order valence-electron chi connectivity index (χ4n) is 2.51. The zero-order valence-electron chi connectivity index (χ0n) is 16.1. The lowest BCUT2D eigenvalue weighted by molar-refractivity contribution is -0.384. The van der Waals surface area contributed by atoms with E-state index in [-0.39, 0.29) is 34.5 Å². The highest BCUT2D eigenvalue weighted by Crippen LogP contribution is 2.34. The largest absolute Gasteiger partial charge is 0.462 e. The Morgan fingerprint density at radius 1 is 1.23 bits per heavy atom. The van der Waals surface area contributed by atoms with E-state index in [2.05, 4.69) is 15.8 Å². The van der Waals surface area contributed by atoms with Gasteiger partial charge in [-0.3, -0.25) is 15.5 Å². The molecule has 0 unspecified atom stereocenters. The zero-order chi connectivity index (χ0) is 22.4. The molecule has 160 valence electrons. The summed E-state index contributed by atoms with van der Waals surface area (Å²) in [7, 11) is 0. The summed E-state index contributed by atoms with van der Waals surface area (Å²) in [5.41, 5.74) is 3.76. The van der Waals surface area contributed by atoms with Gasteiger partial charge in [-0.05, 0) is 37.3 Å². The third-order valence-corrected chi connectivity index (χ3v) is 4.50. The van der Waals surface area contributed by atoms with Gasteiger partial charge < -0.3 is 14.5 Å². The average Bonchev–Trinajstić information content (AvgIpc) is 3.03. The Morgan fingerprint density at radius 2 is 1.97 bits per heavy atom. The number of nitrogens with one attached hydrogen (secondary N) is 2. The van der Waals surface area contributed by atoms with Gasteiger partial charge in [-0.15, -0.1) is 0 Å². The van der Waals surface area contributed by atoms with Crippen LogP contribution < -0.4 is 10.7 Å². The minimum Gasteiger partial charge on any atom is -0.462 e. The number of benzene rings is 2. The molecule has 1 aromatic heterocycles. The number of non-ortho nitro benzene ring substituents is 1. The molecule has 3 aromatic rings. The van der Waals surface area contributed by atoms with Crippen molar-refractivity contribution in [3.8, 4) is 0 Å². The lowest BCUT2D eigenvalue weighted by Crippen LogP contribution is -2.06. The van der Waals surface area contributed by atoms with Crippen molar-refractivity contribution in [2.45, 2.75) is 6.92 Å². The summed E-state index contributed by atoms with van der Waals surface area (Å²) in [6, 6.07) is 12.5. The van der Waals surface area contributed by atoms with Crippen molar-refractivity contribution in [1.82, 2.24) is 0 Å². The number of anilines is 3. The molecule has 0 amide bonds. The summed E-state index contributed by atoms with van der Waals surface area (Å²) in [6.45, 7) is 1.83. The van der Waals surface area contributed by atoms with Crippen molar-refractivity contribution in [2.75, 3.05) is 17.3 Å². The molecule has 1 heterocycles. The van der Waals surface area contributed by atoms with Crippen LogP contribution >= 0.6 is 23.2 Å². The molecule has 0 bridgehead atoms. The standard InChI is InChI=1S/C20H16Cl2N4O5/c1-2-30-20(27)17-18(22)16(31-19(17)24-14-5-3-4-12(21)10-14)11-23-25-13-6-8-15(9-7-13)26(28)29/h3-11,24-25H,2H2,1H3/b23-11+. The van der Waals surface area contributed by atoms with Crippen molar-refractivity contribution in [1.29, 1.82) is 0 Å². The molecule has 9 nitrogen and oxygen atoms in total. The molecule has 0 spiro atoms. The normalized spacial score (nSPS) is 10.8. The number of hydrogen-bond acceptors (Lipinski definition) is 8. The van der Waals surface area contributed by atoms with Gasteiger partial charge in [-0.25, -0.2) is 4.79 Å². The smallest absolute Gasteiger partial charge is 0.345 e. The van der Waals surface area contributed by atoms with Gasteiger partial charge in [0.25, 0.3) is 5.69 Å². The van der Waals surface area contributed by atoms with Crippen LogP contribution in [0.25, 0.3) is 0 Å². The SMILES string of the molecule is CCOC(=O)c1c(Nc2cccc(Cl)c2)oc(/C=N/Nc2ccc([N+](=O)[O-])cc2)c1Cl. The Morgan fingerprint density at radius 3 is 2.61 bits per heavy atom. The maximum absolute atomic E-state index is 12.4. The fourth-order valence-corrected chi connectivity index (χ4v) is 2.95. The summed E-state index contributed by atoms with van der Waals surface area (Å²) in [5.74, 6) is -0.491. The average molecular weight is 463 g/mol. The van der Waals surface area contributed by atoms with Gasteiger partial charge >= 0.3 is 5.97 Å². The first-order valence-corrected chi connectivity index (χ1v) is 9.70. The van der Waals surface area contributed by atoms with Crippen LogP contribution in [-0.2, 0) is 4.74 Å². The molecule has 11 heteroatoms. The molecule has 3 rings (SSSR count). The van der Waals surface area contributed by atoms with E-state index >= 15 is 0 Å². The minimum absolute atomic E-state index is 0.0113. The number of esters is 1. The molecule has 0 aliphatic carbocycles. The molecule has 31 heavy (non-hydrogen) atoms. The highest BCUT2D eigenvalue weighted by Gasteiger charge is 2.25. The highest BCUT2D eigenvalue weighted by atomic mass is 35.5. The third-order valence-electron chi connectivity index (χ3n) is 3.89. The van der Waals surface area contributed by atoms with Crippen LogP contribution in [0, 0.1) is 10.1 Å². The molecule has 0 aliphatic heterocycles. The van der Waals surface area contributed by atoms with E-state index in [1.165, 1.54) is 30.5 Å². The van der Waals surface area contributed by atoms with Gasteiger partial charge in [0.05, 0.1) is 23.4 Å². The Bertz CT molecular complexity index is 1130. The first-order valence-electron chi connectivity index (χ1n) is 8.94. The van der Waals surface area contributed by atoms with Crippen molar-refractivity contribution < 1.29 is 18.9 Å². The van der Waals surface area contributed by atoms with E-state index in [0.29, 0.717) is 16.4 Å². The van der Waals surface area contributed by atoms with Gasteiger partial charge in [0.2, 0.25) is 5.88 Å². The number of carbonyl (C=O) groups excluding carboxylic acids is 1. The van der Waals surface area contributed by atoms with Crippen molar-refractivity contribution in [2.24, 2.45) is 5.10 Å². The maximum atomic E-state index is 12.4. The number of hydrazone groups is 1. The van der Waals surface area contributed by atoms with Crippen LogP contribution in [0.4, 0.5) is 22.9 Å². The number of hydrogen-bond donors (Lipinski definition) is 2. The van der Waals surface area contributed by atoms with Crippen molar-refractivity contribution in [3.05, 3.63) is 80.0 Å². The molecule has 2 aromatic carbocycles. The first kappa shape index (κ1) is 22.1. The van der Waals surface area contributed by atoms with Gasteiger partial charge in [-0.1, -0.05) is 29.3 Å². The van der Waals surface area contributed by atoms with Crippen LogP contribution in [-0.4, -0.2) is 23.7 Å². The van der Waals surface area contributed by atoms with Crippen LogP contribution in [0.15, 0.2) is 58.0 Å². The summed E-state index contributed by atoms with van der Waals surface area (Å²) < 4.78 is 10.7. The Kier molecular flexibility index (Phi) is 7.11. The highest BCUT2D eigenvalue weighted by molar-refractivity contribution is 6.36. The molecular weight excluding hydrogens is 447 g/mol. The molecular formula is C20H16Cl2N4O5. The second kappa shape index (κ2) is 9.96. The number of rotatable bonds is 8. The quantitative estimate of drug-likeness (QED) is 0.186. The number of nitrogens with zero attached hydrogens (tertiary/aromatic N) is 2. The molecule has 0 radical (unpaired) electrons. The van der Waals surface area contributed by atoms with E-state index in [4.69, 9.17) is 32.4 Å². The van der Waals surface area contributed by atoms with Crippen LogP contribution in [0.1, 0.15) is 23.0 Å². The summed E-state index contributed by atoms with van der Waals surface area (Å²) in [4.78, 5) is 22.6.